The third-order valence-corrected chi connectivity index (χ3v) is 5.30. The van der Waals surface area contributed by atoms with Crippen molar-refractivity contribution in [2.45, 2.75) is 37.9 Å². The Bertz CT molecular complexity index is 742. The molecule has 0 aromatic heterocycles. The van der Waals surface area contributed by atoms with E-state index in [2.05, 4.69) is 5.32 Å². The van der Waals surface area contributed by atoms with Crippen LogP contribution in [0, 0.1) is 10.1 Å². The first-order valence-corrected chi connectivity index (χ1v) is 8.55. The highest BCUT2D eigenvalue weighted by Gasteiger charge is 2.33. The van der Waals surface area contributed by atoms with Gasteiger partial charge >= 0.3 is 0 Å². The van der Waals surface area contributed by atoms with Crippen LogP contribution in [0.2, 0.25) is 10.0 Å². The second-order valence-electron chi connectivity index (χ2n) is 6.43. The summed E-state index contributed by atoms with van der Waals surface area (Å²) < 4.78 is 0. The van der Waals surface area contributed by atoms with Crippen LogP contribution in [0.5, 0.6) is 0 Å². The number of hydrogen-bond donors (Lipinski definition) is 1. The Kier molecular flexibility index (Phi) is 4.81. The zero-order valence-corrected chi connectivity index (χ0v) is 14.8. The molecule has 3 rings (SSSR count). The van der Waals surface area contributed by atoms with Gasteiger partial charge in [0.2, 0.25) is 0 Å². The summed E-state index contributed by atoms with van der Waals surface area (Å²) in [5.74, 6) is 0. The van der Waals surface area contributed by atoms with Gasteiger partial charge in [-0.25, -0.2) is 0 Å². The molecular formula is C18H18Cl2N2O2. The second kappa shape index (κ2) is 6.71. The van der Waals surface area contributed by atoms with Crippen LogP contribution in [-0.2, 0) is 6.54 Å². The predicted molar refractivity (Wildman–Crippen MR) is 97.0 cm³/mol. The molecule has 0 heterocycles. The van der Waals surface area contributed by atoms with Crippen LogP contribution in [0.15, 0.2) is 53.6 Å². The smallest absolute Gasteiger partial charge is 0.256 e. The van der Waals surface area contributed by atoms with E-state index in [1.807, 2.05) is 24.3 Å². The monoisotopic (exact) mass is 364 g/mol. The Morgan fingerprint density at radius 1 is 1.21 bits per heavy atom. The van der Waals surface area contributed by atoms with Gasteiger partial charge in [-0.15, -0.1) is 0 Å². The van der Waals surface area contributed by atoms with E-state index in [1.54, 1.807) is 25.1 Å². The van der Waals surface area contributed by atoms with Crippen LogP contribution in [0.25, 0.3) is 0 Å². The van der Waals surface area contributed by atoms with Gasteiger partial charge < -0.3 is 5.32 Å². The van der Waals surface area contributed by atoms with Crippen molar-refractivity contribution in [1.82, 2.24) is 5.32 Å². The average molecular weight is 365 g/mol. The molecule has 0 bridgehead atoms. The molecule has 126 valence electrons. The number of halogens is 2. The number of nitrogens with zero attached hydrogens (tertiary/aromatic N) is 1. The van der Waals surface area contributed by atoms with Gasteiger partial charge in [0, 0.05) is 24.4 Å². The fourth-order valence-electron chi connectivity index (χ4n) is 2.99. The highest BCUT2D eigenvalue weighted by atomic mass is 35.5. The highest BCUT2D eigenvalue weighted by Crippen LogP contribution is 2.33. The Balaban J connectivity index is 1.61. The predicted octanol–water partition coefficient (Wildman–Crippen LogP) is 4.70. The van der Waals surface area contributed by atoms with Gasteiger partial charge in [0.25, 0.3) is 5.54 Å². The standard InChI is InChI=1S/C18H18Cl2N2O2/c1-18(22(23)24)6-4-13-9-15(10-14(13)5-7-18)21-11-12-2-3-16(19)17(20)8-12/h2-8,15,21H,9-11H2,1H3. The van der Waals surface area contributed by atoms with Gasteiger partial charge in [-0.05, 0) is 53.8 Å². The fourth-order valence-corrected chi connectivity index (χ4v) is 3.31. The lowest BCUT2D eigenvalue weighted by molar-refractivity contribution is -0.535. The fraction of sp³-hybridized carbons (Fsp3) is 0.333. The van der Waals surface area contributed by atoms with Crippen molar-refractivity contribution < 1.29 is 4.92 Å². The third kappa shape index (κ3) is 3.56. The van der Waals surface area contributed by atoms with Crippen LogP contribution < -0.4 is 5.32 Å². The van der Waals surface area contributed by atoms with Crippen LogP contribution in [0.3, 0.4) is 0 Å². The normalized spacial score (nSPS) is 19.5. The molecular weight excluding hydrogens is 347 g/mol. The molecule has 4 nitrogen and oxygen atoms in total. The number of rotatable bonds is 4. The molecule has 0 atom stereocenters. The quantitative estimate of drug-likeness (QED) is 0.621. The van der Waals surface area contributed by atoms with Crippen molar-refractivity contribution in [1.29, 1.82) is 0 Å². The first-order valence-electron chi connectivity index (χ1n) is 7.80. The van der Waals surface area contributed by atoms with E-state index in [4.69, 9.17) is 23.2 Å². The van der Waals surface area contributed by atoms with Crippen molar-refractivity contribution >= 4 is 23.2 Å². The molecule has 1 aromatic carbocycles. The summed E-state index contributed by atoms with van der Waals surface area (Å²) in [6.07, 6.45) is 8.88. The van der Waals surface area contributed by atoms with Crippen molar-refractivity contribution in [3.63, 3.8) is 0 Å². The zero-order valence-electron chi connectivity index (χ0n) is 13.3. The molecule has 0 amide bonds. The lowest BCUT2D eigenvalue weighted by atomic mass is 10.0. The van der Waals surface area contributed by atoms with Crippen molar-refractivity contribution in [2.24, 2.45) is 0 Å². The molecule has 0 saturated carbocycles. The van der Waals surface area contributed by atoms with Crippen LogP contribution in [0.4, 0.5) is 0 Å². The van der Waals surface area contributed by atoms with Crippen molar-refractivity contribution in [3.8, 4) is 0 Å². The van der Waals surface area contributed by atoms with E-state index >= 15 is 0 Å². The molecule has 1 aromatic rings. The zero-order chi connectivity index (χ0) is 17.3. The van der Waals surface area contributed by atoms with Gasteiger partial charge in [-0.3, -0.25) is 10.1 Å². The molecule has 6 heteroatoms. The molecule has 0 aliphatic heterocycles. The minimum atomic E-state index is -1.12. The number of nitrogens with one attached hydrogen (secondary N) is 1. The van der Waals surface area contributed by atoms with Gasteiger partial charge in [0.05, 0.1) is 10.0 Å². The molecule has 0 unspecified atom stereocenters. The molecule has 1 N–H and O–H groups in total. The Morgan fingerprint density at radius 2 is 1.83 bits per heavy atom. The Hall–Kier alpha value is -1.62. The number of benzene rings is 1. The summed E-state index contributed by atoms with van der Waals surface area (Å²) in [5, 5.41) is 15.8. The van der Waals surface area contributed by atoms with Gasteiger partial charge in [0.1, 0.15) is 0 Å². The minimum Gasteiger partial charge on any atom is -0.309 e. The summed E-state index contributed by atoms with van der Waals surface area (Å²) in [5.41, 5.74) is 2.30. The van der Waals surface area contributed by atoms with Crippen LogP contribution in [0.1, 0.15) is 25.3 Å². The number of hydrogen-bond acceptors (Lipinski definition) is 3. The first kappa shape index (κ1) is 17.2. The van der Waals surface area contributed by atoms with Crippen molar-refractivity contribution in [3.05, 3.63) is 79.4 Å². The lowest BCUT2D eigenvalue weighted by Crippen LogP contribution is -2.30. The Morgan fingerprint density at radius 3 is 2.38 bits per heavy atom. The van der Waals surface area contributed by atoms with Crippen molar-refractivity contribution in [2.75, 3.05) is 0 Å². The second-order valence-corrected chi connectivity index (χ2v) is 7.25. The maximum atomic E-state index is 11.2. The lowest BCUT2D eigenvalue weighted by Gasteiger charge is -2.14. The molecule has 0 spiro atoms. The largest absolute Gasteiger partial charge is 0.309 e. The summed E-state index contributed by atoms with van der Waals surface area (Å²) in [6.45, 7) is 2.32. The summed E-state index contributed by atoms with van der Waals surface area (Å²) in [6, 6.07) is 5.94. The van der Waals surface area contributed by atoms with Crippen LogP contribution >= 0.6 is 23.2 Å². The first-order chi connectivity index (χ1) is 11.4. The highest BCUT2D eigenvalue weighted by molar-refractivity contribution is 6.42. The topological polar surface area (TPSA) is 55.2 Å². The molecule has 2 aliphatic carbocycles. The molecule has 0 saturated heterocycles. The molecule has 24 heavy (non-hydrogen) atoms. The average Bonchev–Trinajstić information content (AvgIpc) is 2.87. The number of nitro groups is 1. The van der Waals surface area contributed by atoms with Gasteiger partial charge in [-0.1, -0.05) is 41.4 Å². The SMILES string of the molecule is CC1([N+](=O)[O-])C=CC2=C(C=C1)CC(NCc1ccc(Cl)c(Cl)c1)C2. The van der Waals surface area contributed by atoms with E-state index in [9.17, 15) is 10.1 Å². The minimum absolute atomic E-state index is 0.262. The van der Waals surface area contributed by atoms with E-state index in [-0.39, 0.29) is 4.92 Å². The van der Waals surface area contributed by atoms with E-state index in [0.717, 1.165) is 18.4 Å². The van der Waals surface area contributed by atoms with Gasteiger partial charge in [0.15, 0.2) is 0 Å². The van der Waals surface area contributed by atoms with E-state index in [0.29, 0.717) is 22.6 Å². The number of allylic oxidation sites excluding steroid dienone is 2. The van der Waals surface area contributed by atoms with E-state index in [1.165, 1.54) is 11.1 Å². The van der Waals surface area contributed by atoms with E-state index < -0.39 is 5.54 Å². The molecule has 0 fully saturated rings. The maximum Gasteiger partial charge on any atom is 0.256 e. The Labute approximate surface area is 151 Å². The van der Waals surface area contributed by atoms with Gasteiger partial charge in [-0.2, -0.15) is 0 Å². The summed E-state index contributed by atoms with van der Waals surface area (Å²) >= 11 is 12.0. The maximum absolute atomic E-state index is 11.2. The van der Waals surface area contributed by atoms with Crippen LogP contribution in [-0.4, -0.2) is 16.5 Å². The third-order valence-electron chi connectivity index (χ3n) is 4.56. The molecule has 2 aliphatic rings. The summed E-state index contributed by atoms with van der Waals surface area (Å²) in [7, 11) is 0. The summed E-state index contributed by atoms with van der Waals surface area (Å²) in [4.78, 5) is 10.9. The molecule has 0 radical (unpaired) electrons.